The van der Waals surface area contributed by atoms with Crippen LogP contribution < -0.4 is 15.4 Å². The van der Waals surface area contributed by atoms with Crippen molar-refractivity contribution in [3.05, 3.63) is 58.1 Å². The van der Waals surface area contributed by atoms with Gasteiger partial charge < -0.3 is 15.0 Å². The fourth-order valence-electron chi connectivity index (χ4n) is 2.43. The van der Waals surface area contributed by atoms with Crippen LogP contribution in [-0.2, 0) is 11.2 Å². The number of ether oxygens (including phenoxy) is 1. The molecule has 0 atom stereocenters. The van der Waals surface area contributed by atoms with E-state index in [2.05, 4.69) is 26.6 Å². The third kappa shape index (κ3) is 7.42. The molecule has 0 bridgehead atoms. The van der Waals surface area contributed by atoms with Gasteiger partial charge in [0.2, 0.25) is 5.91 Å². The lowest BCUT2D eigenvalue weighted by Crippen LogP contribution is -2.34. The van der Waals surface area contributed by atoms with Gasteiger partial charge in [0.1, 0.15) is 5.75 Å². The fourth-order valence-corrected chi connectivity index (χ4v) is 3.01. The number of hydrogen-bond acceptors (Lipinski definition) is 4. The number of likely N-dealkylation sites (N-methyl/N-ethyl adjacent to an activating group) is 1. The molecular formula is C22H26BrN3O3S. The second-order valence-electron chi connectivity index (χ2n) is 7.42. The van der Waals surface area contributed by atoms with Crippen molar-refractivity contribution in [2.45, 2.75) is 20.3 Å². The molecule has 0 spiro atoms. The Morgan fingerprint density at radius 1 is 1.13 bits per heavy atom. The Morgan fingerprint density at radius 2 is 1.80 bits per heavy atom. The molecule has 0 heterocycles. The quantitative estimate of drug-likeness (QED) is 0.566. The molecular weight excluding hydrogens is 466 g/mol. The summed E-state index contributed by atoms with van der Waals surface area (Å²) in [5.74, 6) is 0.508. The summed E-state index contributed by atoms with van der Waals surface area (Å²) in [6, 6.07) is 12.6. The number of carbonyl (C=O) groups excluding carboxylic acids is 2. The lowest BCUT2D eigenvalue weighted by molar-refractivity contribution is -0.127. The van der Waals surface area contributed by atoms with Crippen molar-refractivity contribution in [2.24, 2.45) is 5.92 Å². The van der Waals surface area contributed by atoms with E-state index in [0.717, 1.165) is 10.0 Å². The number of halogens is 1. The minimum atomic E-state index is -0.360. The van der Waals surface area contributed by atoms with Gasteiger partial charge in [0.25, 0.3) is 5.91 Å². The van der Waals surface area contributed by atoms with E-state index in [1.54, 1.807) is 31.1 Å². The lowest BCUT2D eigenvalue weighted by atomic mass is 10.1. The van der Waals surface area contributed by atoms with E-state index in [-0.39, 0.29) is 16.9 Å². The molecule has 2 rings (SSSR count). The van der Waals surface area contributed by atoms with Crippen LogP contribution in [0.2, 0.25) is 0 Å². The molecule has 0 saturated carbocycles. The van der Waals surface area contributed by atoms with Crippen molar-refractivity contribution in [2.75, 3.05) is 26.0 Å². The van der Waals surface area contributed by atoms with E-state index in [9.17, 15) is 9.59 Å². The predicted octanol–water partition coefficient (Wildman–Crippen LogP) is 4.24. The predicted molar refractivity (Wildman–Crippen MR) is 127 cm³/mol. The maximum absolute atomic E-state index is 12.7. The molecule has 0 saturated heterocycles. The topological polar surface area (TPSA) is 70.7 Å². The van der Waals surface area contributed by atoms with Crippen LogP contribution in [-0.4, -0.2) is 42.5 Å². The summed E-state index contributed by atoms with van der Waals surface area (Å²) in [7, 11) is 3.45. The van der Waals surface area contributed by atoms with Crippen LogP contribution in [0, 0.1) is 5.92 Å². The second kappa shape index (κ2) is 11.1. The normalized spacial score (nSPS) is 10.5. The Kier molecular flexibility index (Phi) is 8.80. The third-order valence-electron chi connectivity index (χ3n) is 4.05. The summed E-state index contributed by atoms with van der Waals surface area (Å²) in [5.41, 5.74) is 2.01. The fraction of sp³-hybridized carbons (Fsp3) is 0.318. The molecule has 2 aromatic carbocycles. The number of nitrogens with zero attached hydrogens (tertiary/aromatic N) is 1. The van der Waals surface area contributed by atoms with Gasteiger partial charge in [0.05, 0.1) is 18.6 Å². The molecule has 0 aliphatic carbocycles. The first-order valence-electron chi connectivity index (χ1n) is 9.49. The SMILES string of the molecule is CC(C)COc1ccc(Br)cc1C(=O)NC(=S)Nc1ccc(CC(=O)N(C)C)cc1. The molecule has 0 unspecified atom stereocenters. The summed E-state index contributed by atoms with van der Waals surface area (Å²) < 4.78 is 6.53. The average Bonchev–Trinajstić information content (AvgIpc) is 2.68. The number of benzene rings is 2. The van der Waals surface area contributed by atoms with Crippen LogP contribution in [0.4, 0.5) is 5.69 Å². The third-order valence-corrected chi connectivity index (χ3v) is 4.75. The van der Waals surface area contributed by atoms with E-state index in [1.165, 1.54) is 0 Å². The molecule has 0 aromatic heterocycles. The minimum absolute atomic E-state index is 0.0306. The second-order valence-corrected chi connectivity index (χ2v) is 8.74. The lowest BCUT2D eigenvalue weighted by Gasteiger charge is -2.15. The van der Waals surface area contributed by atoms with Gasteiger partial charge in [0.15, 0.2) is 5.11 Å². The molecule has 0 radical (unpaired) electrons. The highest BCUT2D eigenvalue weighted by Gasteiger charge is 2.15. The number of anilines is 1. The van der Waals surface area contributed by atoms with E-state index >= 15 is 0 Å². The molecule has 2 amide bonds. The Bertz CT molecular complexity index is 914. The standard InChI is InChI=1S/C22H26BrN3O3S/c1-14(2)13-29-19-10-7-16(23)12-18(19)21(28)25-22(30)24-17-8-5-15(6-9-17)11-20(27)26(3)4/h5-10,12,14H,11,13H2,1-4H3,(H2,24,25,28,30). The molecule has 30 heavy (non-hydrogen) atoms. The van der Waals surface area contributed by atoms with E-state index in [4.69, 9.17) is 17.0 Å². The number of rotatable bonds is 7. The van der Waals surface area contributed by atoms with Crippen LogP contribution >= 0.6 is 28.1 Å². The molecule has 160 valence electrons. The first-order chi connectivity index (χ1) is 14.2. The molecule has 0 aliphatic heterocycles. The average molecular weight is 492 g/mol. The maximum atomic E-state index is 12.7. The van der Waals surface area contributed by atoms with Crippen molar-refractivity contribution in [3.63, 3.8) is 0 Å². The van der Waals surface area contributed by atoms with E-state index < -0.39 is 0 Å². The first kappa shape index (κ1) is 23.8. The Balaban J connectivity index is 2.00. The summed E-state index contributed by atoms with van der Waals surface area (Å²) in [4.78, 5) is 26.1. The number of hydrogen-bond donors (Lipinski definition) is 2. The van der Waals surface area contributed by atoms with Gasteiger partial charge in [-0.1, -0.05) is 41.9 Å². The zero-order chi connectivity index (χ0) is 22.3. The van der Waals surface area contributed by atoms with E-state index in [1.807, 2.05) is 44.2 Å². The van der Waals surface area contributed by atoms with Crippen molar-refractivity contribution in [1.82, 2.24) is 10.2 Å². The summed E-state index contributed by atoms with van der Waals surface area (Å²) in [6.45, 7) is 4.59. The monoisotopic (exact) mass is 491 g/mol. The molecule has 0 fully saturated rings. The van der Waals surface area contributed by atoms with Crippen LogP contribution in [0.1, 0.15) is 29.8 Å². The largest absolute Gasteiger partial charge is 0.492 e. The highest BCUT2D eigenvalue weighted by atomic mass is 79.9. The van der Waals surface area contributed by atoms with Crippen LogP contribution in [0.5, 0.6) is 5.75 Å². The van der Waals surface area contributed by atoms with Gasteiger partial charge in [-0.15, -0.1) is 0 Å². The minimum Gasteiger partial charge on any atom is -0.492 e. The summed E-state index contributed by atoms with van der Waals surface area (Å²) in [5, 5.41) is 5.84. The van der Waals surface area contributed by atoms with Gasteiger partial charge in [-0.2, -0.15) is 0 Å². The summed E-state index contributed by atoms with van der Waals surface area (Å²) >= 11 is 8.66. The van der Waals surface area contributed by atoms with E-state index in [0.29, 0.717) is 35.9 Å². The molecule has 2 N–H and O–H groups in total. The van der Waals surface area contributed by atoms with Crippen molar-refractivity contribution >= 4 is 50.8 Å². The highest BCUT2D eigenvalue weighted by molar-refractivity contribution is 9.10. The number of thiocarbonyl (C=S) groups is 1. The van der Waals surface area contributed by atoms with Gasteiger partial charge in [-0.25, -0.2) is 0 Å². The van der Waals surface area contributed by atoms with Crippen LogP contribution in [0.3, 0.4) is 0 Å². The van der Waals surface area contributed by atoms with Crippen molar-refractivity contribution in [3.8, 4) is 5.75 Å². The number of nitrogens with one attached hydrogen (secondary N) is 2. The molecule has 0 aliphatic rings. The molecule has 8 heteroatoms. The number of carbonyl (C=O) groups is 2. The van der Waals surface area contributed by atoms with Crippen LogP contribution in [0.15, 0.2) is 46.9 Å². The van der Waals surface area contributed by atoms with Gasteiger partial charge >= 0.3 is 0 Å². The Morgan fingerprint density at radius 3 is 2.40 bits per heavy atom. The Hall–Kier alpha value is -2.45. The van der Waals surface area contributed by atoms with Gasteiger partial charge in [-0.05, 0) is 54.0 Å². The van der Waals surface area contributed by atoms with Gasteiger partial charge in [-0.3, -0.25) is 14.9 Å². The van der Waals surface area contributed by atoms with Crippen LogP contribution in [0.25, 0.3) is 0 Å². The van der Waals surface area contributed by atoms with Gasteiger partial charge in [0, 0.05) is 24.3 Å². The summed E-state index contributed by atoms with van der Waals surface area (Å²) in [6.07, 6.45) is 0.330. The smallest absolute Gasteiger partial charge is 0.261 e. The molecule has 6 nitrogen and oxygen atoms in total. The maximum Gasteiger partial charge on any atom is 0.261 e. The first-order valence-corrected chi connectivity index (χ1v) is 10.7. The molecule has 2 aromatic rings. The zero-order valence-electron chi connectivity index (χ0n) is 17.5. The zero-order valence-corrected chi connectivity index (χ0v) is 19.9. The number of amides is 2. The Labute approximate surface area is 191 Å². The van der Waals surface area contributed by atoms with Crippen molar-refractivity contribution in [1.29, 1.82) is 0 Å². The highest BCUT2D eigenvalue weighted by Crippen LogP contribution is 2.24. The van der Waals surface area contributed by atoms with Crippen molar-refractivity contribution < 1.29 is 14.3 Å².